The van der Waals surface area contributed by atoms with Crippen molar-refractivity contribution in [2.24, 2.45) is 0 Å². The fourth-order valence-electron chi connectivity index (χ4n) is 3.61. The molecule has 9 heteroatoms. The summed E-state index contributed by atoms with van der Waals surface area (Å²) >= 11 is 0. The summed E-state index contributed by atoms with van der Waals surface area (Å²) in [5, 5.41) is 3.11. The van der Waals surface area contributed by atoms with E-state index < -0.39 is 0 Å². The number of ether oxygens (including phenoxy) is 1. The molecule has 3 heterocycles. The van der Waals surface area contributed by atoms with Crippen molar-refractivity contribution in [1.29, 1.82) is 0 Å². The van der Waals surface area contributed by atoms with E-state index in [2.05, 4.69) is 25.1 Å². The van der Waals surface area contributed by atoms with Crippen molar-refractivity contribution < 1.29 is 14.3 Å². The van der Waals surface area contributed by atoms with Crippen LogP contribution in [0.5, 0.6) is 0 Å². The van der Waals surface area contributed by atoms with Gasteiger partial charge in [0.2, 0.25) is 11.9 Å². The molecule has 0 spiro atoms. The average Bonchev–Trinajstić information content (AvgIpc) is 2.74. The third-order valence-corrected chi connectivity index (χ3v) is 5.25. The maximum absolute atomic E-state index is 12.3. The van der Waals surface area contributed by atoms with Crippen LogP contribution >= 0.6 is 0 Å². The average molecular weight is 390 g/mol. The molecule has 2 saturated heterocycles. The summed E-state index contributed by atoms with van der Waals surface area (Å²) in [4.78, 5) is 38.8. The van der Waals surface area contributed by atoms with Gasteiger partial charge in [0.25, 0.3) is 0 Å². The second kappa shape index (κ2) is 10.2. The molecule has 2 amide bonds. The van der Waals surface area contributed by atoms with Crippen LogP contribution in [0.15, 0.2) is 18.5 Å². The fourth-order valence-corrected chi connectivity index (χ4v) is 3.61. The number of anilines is 1. The molecule has 1 aromatic heterocycles. The SMILES string of the molecule is CCOC(=O)N1CCC(NC(=O)CCN2CCN(c3ncccn3)CC2)CC1. The molecule has 154 valence electrons. The molecule has 9 nitrogen and oxygen atoms in total. The molecule has 2 aliphatic heterocycles. The molecule has 0 unspecified atom stereocenters. The van der Waals surface area contributed by atoms with Crippen LogP contribution in [0.2, 0.25) is 0 Å². The van der Waals surface area contributed by atoms with Crippen molar-refractivity contribution in [2.45, 2.75) is 32.2 Å². The van der Waals surface area contributed by atoms with E-state index in [0.29, 0.717) is 26.1 Å². The summed E-state index contributed by atoms with van der Waals surface area (Å²) in [5.41, 5.74) is 0. The van der Waals surface area contributed by atoms with Gasteiger partial charge in [-0.2, -0.15) is 0 Å². The maximum atomic E-state index is 12.3. The molecule has 1 N–H and O–H groups in total. The van der Waals surface area contributed by atoms with Crippen LogP contribution < -0.4 is 10.2 Å². The van der Waals surface area contributed by atoms with Gasteiger partial charge in [-0.3, -0.25) is 9.69 Å². The van der Waals surface area contributed by atoms with Crippen LogP contribution in [0.3, 0.4) is 0 Å². The number of hydrogen-bond donors (Lipinski definition) is 1. The molecule has 0 radical (unpaired) electrons. The third kappa shape index (κ3) is 5.79. The lowest BCUT2D eigenvalue weighted by Crippen LogP contribution is -2.49. The first-order valence-corrected chi connectivity index (χ1v) is 10.1. The number of aromatic nitrogens is 2. The van der Waals surface area contributed by atoms with Crippen molar-refractivity contribution in [1.82, 2.24) is 25.1 Å². The van der Waals surface area contributed by atoms with E-state index in [-0.39, 0.29) is 18.0 Å². The van der Waals surface area contributed by atoms with Gasteiger partial charge >= 0.3 is 6.09 Å². The topological polar surface area (TPSA) is 90.9 Å². The van der Waals surface area contributed by atoms with Crippen molar-refractivity contribution in [2.75, 3.05) is 57.3 Å². The number of likely N-dealkylation sites (tertiary alicyclic amines) is 1. The van der Waals surface area contributed by atoms with E-state index in [1.807, 2.05) is 6.07 Å². The Balaban J connectivity index is 1.31. The molecule has 2 fully saturated rings. The van der Waals surface area contributed by atoms with Crippen molar-refractivity contribution in [3.8, 4) is 0 Å². The van der Waals surface area contributed by atoms with Gasteiger partial charge in [-0.05, 0) is 25.8 Å². The smallest absolute Gasteiger partial charge is 0.409 e. The highest BCUT2D eigenvalue weighted by Crippen LogP contribution is 2.12. The minimum absolute atomic E-state index is 0.0865. The molecule has 0 aliphatic carbocycles. The number of nitrogens with one attached hydrogen (secondary N) is 1. The highest BCUT2D eigenvalue weighted by atomic mass is 16.6. The lowest BCUT2D eigenvalue weighted by molar-refractivity contribution is -0.122. The summed E-state index contributed by atoms with van der Waals surface area (Å²) in [5.74, 6) is 0.859. The first-order valence-electron chi connectivity index (χ1n) is 10.1. The van der Waals surface area contributed by atoms with Crippen LogP contribution in [0.25, 0.3) is 0 Å². The van der Waals surface area contributed by atoms with Crippen molar-refractivity contribution in [3.05, 3.63) is 18.5 Å². The van der Waals surface area contributed by atoms with Gasteiger partial charge in [0.05, 0.1) is 6.61 Å². The van der Waals surface area contributed by atoms with Crippen LogP contribution in [0.4, 0.5) is 10.7 Å². The molecule has 3 rings (SSSR count). The second-order valence-corrected chi connectivity index (χ2v) is 7.16. The molecule has 2 aliphatic rings. The number of carbonyl (C=O) groups is 2. The van der Waals surface area contributed by atoms with Crippen molar-refractivity contribution >= 4 is 17.9 Å². The normalized spacial score (nSPS) is 18.8. The largest absolute Gasteiger partial charge is 0.450 e. The number of carbonyl (C=O) groups excluding carboxylic acids is 2. The molecule has 1 aromatic rings. The summed E-state index contributed by atoms with van der Waals surface area (Å²) in [6, 6.07) is 1.96. The highest BCUT2D eigenvalue weighted by molar-refractivity contribution is 5.76. The predicted molar refractivity (Wildman–Crippen MR) is 105 cm³/mol. The number of rotatable bonds is 6. The molecule has 0 saturated carbocycles. The van der Waals surface area contributed by atoms with Gasteiger partial charge in [0.1, 0.15) is 0 Å². The summed E-state index contributed by atoms with van der Waals surface area (Å²) in [6.07, 6.45) is 5.32. The second-order valence-electron chi connectivity index (χ2n) is 7.16. The van der Waals surface area contributed by atoms with E-state index in [4.69, 9.17) is 4.74 Å². The van der Waals surface area contributed by atoms with E-state index in [1.165, 1.54) is 0 Å². The zero-order chi connectivity index (χ0) is 19.8. The lowest BCUT2D eigenvalue weighted by atomic mass is 10.1. The zero-order valence-corrected chi connectivity index (χ0v) is 16.5. The Bertz CT molecular complexity index is 628. The number of piperidine rings is 1. The quantitative estimate of drug-likeness (QED) is 0.765. The minimum atomic E-state index is -0.257. The lowest BCUT2D eigenvalue weighted by Gasteiger charge is -2.35. The number of hydrogen-bond acceptors (Lipinski definition) is 7. The van der Waals surface area contributed by atoms with Gasteiger partial charge in [-0.25, -0.2) is 14.8 Å². The Morgan fingerprint density at radius 2 is 1.79 bits per heavy atom. The van der Waals surface area contributed by atoms with Gasteiger partial charge in [0.15, 0.2) is 0 Å². The molecular formula is C19H30N6O3. The summed E-state index contributed by atoms with van der Waals surface area (Å²) in [7, 11) is 0. The highest BCUT2D eigenvalue weighted by Gasteiger charge is 2.25. The Morgan fingerprint density at radius 3 is 2.43 bits per heavy atom. The summed E-state index contributed by atoms with van der Waals surface area (Å²) in [6.45, 7) is 7.78. The van der Waals surface area contributed by atoms with Gasteiger partial charge in [-0.15, -0.1) is 0 Å². The molecule has 28 heavy (non-hydrogen) atoms. The number of amides is 2. The minimum Gasteiger partial charge on any atom is -0.450 e. The van der Waals surface area contributed by atoms with Gasteiger partial charge in [0, 0.05) is 70.7 Å². The molecule has 0 atom stereocenters. The van der Waals surface area contributed by atoms with Crippen LogP contribution in [0, 0.1) is 0 Å². The fraction of sp³-hybridized carbons (Fsp3) is 0.684. The predicted octanol–water partition coefficient (Wildman–Crippen LogP) is 0.726. The molecular weight excluding hydrogens is 360 g/mol. The van der Waals surface area contributed by atoms with E-state index in [9.17, 15) is 9.59 Å². The molecule has 0 bridgehead atoms. The maximum Gasteiger partial charge on any atom is 0.409 e. The first kappa shape index (κ1) is 20.3. The van der Waals surface area contributed by atoms with Gasteiger partial charge in [-0.1, -0.05) is 0 Å². The Morgan fingerprint density at radius 1 is 1.11 bits per heavy atom. The first-order chi connectivity index (χ1) is 13.7. The monoisotopic (exact) mass is 390 g/mol. The summed E-state index contributed by atoms with van der Waals surface area (Å²) < 4.78 is 5.02. The zero-order valence-electron chi connectivity index (χ0n) is 16.5. The van der Waals surface area contributed by atoms with Crippen molar-refractivity contribution in [3.63, 3.8) is 0 Å². The van der Waals surface area contributed by atoms with Crippen LogP contribution in [0.1, 0.15) is 26.2 Å². The number of piperazine rings is 1. The van der Waals surface area contributed by atoms with E-state index in [1.54, 1.807) is 24.2 Å². The van der Waals surface area contributed by atoms with E-state index in [0.717, 1.165) is 51.5 Å². The van der Waals surface area contributed by atoms with Crippen LogP contribution in [-0.4, -0.2) is 90.2 Å². The Kier molecular flexibility index (Phi) is 7.41. The van der Waals surface area contributed by atoms with E-state index >= 15 is 0 Å². The van der Waals surface area contributed by atoms with Crippen LogP contribution in [-0.2, 0) is 9.53 Å². The Hall–Kier alpha value is -2.42. The Labute approximate surface area is 166 Å². The van der Waals surface area contributed by atoms with Gasteiger partial charge < -0.3 is 19.9 Å². The standard InChI is InChI=1S/C19H30N6O3/c1-2-28-19(27)25-10-4-16(5-11-25)22-17(26)6-9-23-12-14-24(15-13-23)18-20-7-3-8-21-18/h3,7-8,16H,2,4-6,9-15H2,1H3,(H,22,26). The molecule has 0 aromatic carbocycles. The third-order valence-electron chi connectivity index (χ3n) is 5.25. The number of nitrogens with zero attached hydrogens (tertiary/aromatic N) is 5.